The van der Waals surface area contributed by atoms with Gasteiger partial charge in [0.25, 0.3) is 0 Å². The molecule has 100 valence electrons. The Morgan fingerprint density at radius 1 is 1.28 bits per heavy atom. The lowest BCUT2D eigenvalue weighted by molar-refractivity contribution is 0.115. The molecule has 0 saturated carbocycles. The van der Waals surface area contributed by atoms with Crippen LogP contribution in [0.3, 0.4) is 0 Å². The van der Waals surface area contributed by atoms with Crippen LogP contribution in [-0.4, -0.2) is 26.4 Å². The van der Waals surface area contributed by atoms with E-state index in [2.05, 4.69) is 5.32 Å². The number of hydrogen-bond donors (Lipinski definition) is 1. The highest BCUT2D eigenvalue weighted by atomic mass is 16.6. The quantitative estimate of drug-likeness (QED) is 0.875. The largest absolute Gasteiger partial charge is 0.497 e. The molecule has 0 unspecified atom stereocenters. The maximum Gasteiger partial charge on any atom is 0.407 e. The zero-order valence-corrected chi connectivity index (χ0v) is 11.1. The molecule has 0 aliphatic heterocycles. The van der Waals surface area contributed by atoms with Crippen molar-refractivity contribution in [3.05, 3.63) is 23.8 Å². The van der Waals surface area contributed by atoms with E-state index in [4.69, 9.17) is 14.2 Å². The molecule has 5 heteroatoms. The van der Waals surface area contributed by atoms with E-state index in [1.54, 1.807) is 34.1 Å². The second-order valence-electron chi connectivity index (χ2n) is 3.99. The molecule has 0 heterocycles. The van der Waals surface area contributed by atoms with E-state index in [9.17, 15) is 4.79 Å². The van der Waals surface area contributed by atoms with Crippen LogP contribution in [0.4, 0.5) is 4.79 Å². The summed E-state index contributed by atoms with van der Waals surface area (Å²) < 4.78 is 15.3. The molecule has 0 saturated heterocycles. The van der Waals surface area contributed by atoms with E-state index < -0.39 is 6.09 Å². The zero-order valence-electron chi connectivity index (χ0n) is 11.1. The number of methoxy groups -OCH3 is 2. The van der Waals surface area contributed by atoms with Crippen LogP contribution in [0.5, 0.6) is 11.5 Å². The second kappa shape index (κ2) is 6.74. The van der Waals surface area contributed by atoms with Crippen molar-refractivity contribution in [1.82, 2.24) is 5.32 Å². The Kier molecular flexibility index (Phi) is 5.30. The van der Waals surface area contributed by atoms with Crippen LogP contribution in [0, 0.1) is 0 Å². The van der Waals surface area contributed by atoms with Crippen LogP contribution in [0.15, 0.2) is 18.2 Å². The molecule has 1 N–H and O–H groups in total. The fourth-order valence-corrected chi connectivity index (χ4v) is 1.42. The monoisotopic (exact) mass is 253 g/mol. The lowest BCUT2D eigenvalue weighted by Gasteiger charge is -2.12. The summed E-state index contributed by atoms with van der Waals surface area (Å²) in [6.45, 7) is 3.94. The average Bonchev–Trinajstić information content (AvgIpc) is 2.35. The Balaban J connectivity index is 2.64. The highest BCUT2D eigenvalue weighted by Gasteiger charge is 2.08. The van der Waals surface area contributed by atoms with E-state index >= 15 is 0 Å². The third-order valence-electron chi connectivity index (χ3n) is 2.26. The van der Waals surface area contributed by atoms with Gasteiger partial charge < -0.3 is 19.5 Å². The number of benzene rings is 1. The van der Waals surface area contributed by atoms with E-state index in [0.717, 1.165) is 5.56 Å². The molecule has 0 fully saturated rings. The maximum absolute atomic E-state index is 11.4. The second-order valence-corrected chi connectivity index (χ2v) is 3.99. The zero-order chi connectivity index (χ0) is 13.5. The Morgan fingerprint density at radius 2 is 2.00 bits per heavy atom. The van der Waals surface area contributed by atoms with Gasteiger partial charge in [0.15, 0.2) is 0 Å². The fourth-order valence-electron chi connectivity index (χ4n) is 1.42. The van der Waals surface area contributed by atoms with Gasteiger partial charge in [-0.3, -0.25) is 0 Å². The van der Waals surface area contributed by atoms with Crippen LogP contribution in [-0.2, 0) is 11.3 Å². The van der Waals surface area contributed by atoms with E-state index in [-0.39, 0.29) is 6.10 Å². The molecule has 0 aromatic heterocycles. The van der Waals surface area contributed by atoms with Gasteiger partial charge in [0, 0.05) is 18.2 Å². The van der Waals surface area contributed by atoms with E-state index in [1.165, 1.54) is 0 Å². The Hall–Kier alpha value is -1.91. The first kappa shape index (κ1) is 14.2. The number of alkyl carbamates (subject to hydrolysis) is 1. The van der Waals surface area contributed by atoms with Gasteiger partial charge in [0.2, 0.25) is 0 Å². The summed E-state index contributed by atoms with van der Waals surface area (Å²) in [7, 11) is 3.16. The topological polar surface area (TPSA) is 56.8 Å². The highest BCUT2D eigenvalue weighted by molar-refractivity contribution is 5.67. The molecule has 1 aromatic carbocycles. The summed E-state index contributed by atoms with van der Waals surface area (Å²) in [6, 6.07) is 5.42. The van der Waals surface area contributed by atoms with Gasteiger partial charge in [-0.2, -0.15) is 0 Å². The van der Waals surface area contributed by atoms with Gasteiger partial charge in [-0.15, -0.1) is 0 Å². The smallest absolute Gasteiger partial charge is 0.407 e. The summed E-state index contributed by atoms with van der Waals surface area (Å²) >= 11 is 0. The van der Waals surface area contributed by atoms with Gasteiger partial charge in [-0.1, -0.05) is 0 Å². The Bertz CT molecular complexity index is 404. The number of amides is 1. The molecular formula is C13H19NO4. The molecule has 0 radical (unpaired) electrons. The van der Waals surface area contributed by atoms with Crippen LogP contribution in [0.2, 0.25) is 0 Å². The molecular weight excluding hydrogens is 234 g/mol. The predicted molar refractivity (Wildman–Crippen MR) is 68.0 cm³/mol. The number of carbonyl (C=O) groups excluding carboxylic acids is 1. The Labute approximate surface area is 107 Å². The van der Waals surface area contributed by atoms with E-state index in [0.29, 0.717) is 18.0 Å². The number of nitrogens with one attached hydrogen (secondary N) is 1. The maximum atomic E-state index is 11.4. The molecule has 1 amide bonds. The van der Waals surface area contributed by atoms with Gasteiger partial charge >= 0.3 is 6.09 Å². The van der Waals surface area contributed by atoms with Crippen LogP contribution < -0.4 is 14.8 Å². The normalized spacial score (nSPS) is 10.1. The number of hydrogen-bond acceptors (Lipinski definition) is 4. The number of ether oxygens (including phenoxy) is 3. The van der Waals surface area contributed by atoms with Crippen molar-refractivity contribution in [3.63, 3.8) is 0 Å². The van der Waals surface area contributed by atoms with Crippen molar-refractivity contribution in [2.45, 2.75) is 26.5 Å². The minimum atomic E-state index is -0.442. The van der Waals surface area contributed by atoms with Gasteiger partial charge in [-0.05, 0) is 26.0 Å². The van der Waals surface area contributed by atoms with Gasteiger partial charge in [0.1, 0.15) is 11.5 Å². The molecule has 0 bridgehead atoms. The number of carbonyl (C=O) groups is 1. The summed E-state index contributed by atoms with van der Waals surface area (Å²) in [4.78, 5) is 11.4. The SMILES string of the molecule is COc1ccc(CNC(=O)OC(C)C)c(OC)c1. The van der Waals surface area contributed by atoms with Gasteiger partial charge in [-0.25, -0.2) is 4.79 Å². The van der Waals surface area contributed by atoms with Crippen molar-refractivity contribution in [1.29, 1.82) is 0 Å². The van der Waals surface area contributed by atoms with Crippen molar-refractivity contribution in [3.8, 4) is 11.5 Å². The first-order valence-electron chi connectivity index (χ1n) is 5.72. The fraction of sp³-hybridized carbons (Fsp3) is 0.462. The first-order chi connectivity index (χ1) is 8.56. The minimum absolute atomic E-state index is 0.136. The predicted octanol–water partition coefficient (Wildman–Crippen LogP) is 2.34. The highest BCUT2D eigenvalue weighted by Crippen LogP contribution is 2.24. The van der Waals surface area contributed by atoms with Crippen LogP contribution >= 0.6 is 0 Å². The standard InChI is InChI=1S/C13H19NO4/c1-9(2)18-13(15)14-8-10-5-6-11(16-3)7-12(10)17-4/h5-7,9H,8H2,1-4H3,(H,14,15). The molecule has 0 aliphatic carbocycles. The molecule has 0 aliphatic rings. The number of rotatable bonds is 5. The van der Waals surface area contributed by atoms with Gasteiger partial charge in [0.05, 0.1) is 20.3 Å². The van der Waals surface area contributed by atoms with Crippen LogP contribution in [0.25, 0.3) is 0 Å². The summed E-state index contributed by atoms with van der Waals surface area (Å²) in [5.74, 6) is 1.37. The minimum Gasteiger partial charge on any atom is -0.497 e. The summed E-state index contributed by atoms with van der Waals surface area (Å²) in [6.07, 6.45) is -0.578. The lowest BCUT2D eigenvalue weighted by atomic mass is 10.2. The third kappa shape index (κ3) is 4.16. The summed E-state index contributed by atoms with van der Waals surface area (Å²) in [5, 5.41) is 2.66. The molecule has 18 heavy (non-hydrogen) atoms. The Morgan fingerprint density at radius 3 is 2.56 bits per heavy atom. The van der Waals surface area contributed by atoms with E-state index in [1.807, 2.05) is 12.1 Å². The average molecular weight is 253 g/mol. The van der Waals surface area contributed by atoms with Crippen molar-refractivity contribution < 1.29 is 19.0 Å². The molecule has 1 aromatic rings. The molecule has 0 spiro atoms. The van der Waals surface area contributed by atoms with Crippen molar-refractivity contribution >= 4 is 6.09 Å². The van der Waals surface area contributed by atoms with Crippen molar-refractivity contribution in [2.75, 3.05) is 14.2 Å². The van der Waals surface area contributed by atoms with Crippen LogP contribution in [0.1, 0.15) is 19.4 Å². The summed E-state index contributed by atoms with van der Waals surface area (Å²) in [5.41, 5.74) is 0.860. The lowest BCUT2D eigenvalue weighted by Crippen LogP contribution is -2.26. The van der Waals surface area contributed by atoms with Crippen molar-refractivity contribution in [2.24, 2.45) is 0 Å². The first-order valence-corrected chi connectivity index (χ1v) is 5.72. The molecule has 1 rings (SSSR count). The third-order valence-corrected chi connectivity index (χ3v) is 2.26. The molecule has 0 atom stereocenters. The molecule has 5 nitrogen and oxygen atoms in total.